The summed E-state index contributed by atoms with van der Waals surface area (Å²) in [4.78, 5) is 33.0. The van der Waals surface area contributed by atoms with Crippen LogP contribution >= 0.6 is 0 Å². The Balaban J connectivity index is -0.00000000623. The molecule has 0 aliphatic rings. The van der Waals surface area contributed by atoms with Crippen molar-refractivity contribution in [3.05, 3.63) is 61.3 Å². The van der Waals surface area contributed by atoms with Gasteiger partial charge in [0.25, 0.3) is 0 Å². The molecule has 0 aliphatic heterocycles. The third-order valence-corrected chi connectivity index (χ3v) is 0. The van der Waals surface area contributed by atoms with E-state index in [0.29, 0.717) is 0 Å². The number of hydrogen-bond acceptors (Lipinski definition) is 20. The molecule has 25 heavy (non-hydrogen) atoms. The predicted octanol–water partition coefficient (Wildman–Crippen LogP) is 0.337. The quantitative estimate of drug-likeness (QED) is 0.141. The number of hydrogen-bond donors (Lipinski definition) is 8. The van der Waals surface area contributed by atoms with Crippen LogP contribution in [0, 0.1) is 61.3 Å². The smallest absolute Gasteiger partial charge is 0.356 e. The first-order valence-corrected chi connectivity index (χ1v) is 2.19. The van der Waals surface area contributed by atoms with Gasteiger partial charge in [-0.15, -0.1) is 0 Å². The summed E-state index contributed by atoms with van der Waals surface area (Å²) in [6, 6.07) is 0. The van der Waals surface area contributed by atoms with Gasteiger partial charge in [-0.25, -0.2) is 0 Å². The van der Waals surface area contributed by atoms with Gasteiger partial charge in [-0.3, -0.25) is 0 Å². The van der Waals surface area contributed by atoms with Crippen molar-refractivity contribution in [2.45, 2.75) is 0 Å². The predicted molar refractivity (Wildman–Crippen MR) is 81.6 cm³/mol. The summed E-state index contributed by atoms with van der Waals surface area (Å²) < 4.78 is 0. The van der Waals surface area contributed by atoms with Crippen molar-refractivity contribution in [3.63, 3.8) is 0 Å². The van der Waals surface area contributed by atoms with E-state index in [4.69, 9.17) is 61.3 Å². The summed E-state index contributed by atoms with van der Waals surface area (Å²) in [5.41, 5.74) is 0. The molecule has 0 rings (SSSR count). The second-order valence-corrected chi connectivity index (χ2v) is 0.894. The molecule has 24 N–H and O–H groups in total. The fourth-order valence-electron chi connectivity index (χ4n) is 0. The molecular formula is H24N12O12Pt. The van der Waals surface area contributed by atoms with Crippen LogP contribution in [0.3, 0.4) is 0 Å². The molecule has 0 radical (unpaired) electrons. The molecule has 166 valence electrons. The van der Waals surface area contributed by atoms with Crippen LogP contribution in [0.5, 0.6) is 0 Å². The topological polar surface area (TPSA) is 545 Å². The van der Waals surface area contributed by atoms with Gasteiger partial charge in [0.05, 0.1) is 20.3 Å². The fraction of sp³-hybridized carbons (Fsp3) is 0. The van der Waals surface area contributed by atoms with Crippen LogP contribution in [0.2, 0.25) is 0 Å². The van der Waals surface area contributed by atoms with Gasteiger partial charge in [0, 0.05) is 0 Å². The second kappa shape index (κ2) is 102. The molecular weight excluding hydrogens is 555 g/mol. The monoisotopic (exact) mass is 579 g/mol. The Labute approximate surface area is 152 Å². The molecule has 0 amide bonds. The number of rotatable bonds is 0. The Morgan fingerprint density at radius 1 is 0.320 bits per heavy atom. The molecule has 0 bridgehead atoms. The van der Waals surface area contributed by atoms with Crippen LogP contribution in [0.15, 0.2) is 0 Å². The standard InChI is InChI=1S/4NO3.8H3N.Pt/c4*2-1(3)4;;;;;;;;;/h;;;;8*1H3;/q4*-1;;;;;;;;;+4. The minimum Gasteiger partial charge on any atom is -0.356 e. The van der Waals surface area contributed by atoms with E-state index < -0.39 is 20.3 Å². The van der Waals surface area contributed by atoms with E-state index in [1.54, 1.807) is 0 Å². The third kappa shape index (κ3) is 970. The van der Waals surface area contributed by atoms with Crippen molar-refractivity contribution in [3.8, 4) is 0 Å². The maximum absolute atomic E-state index is 8.25. The van der Waals surface area contributed by atoms with E-state index in [0.717, 1.165) is 0 Å². The van der Waals surface area contributed by atoms with Crippen molar-refractivity contribution < 1.29 is 41.4 Å². The summed E-state index contributed by atoms with van der Waals surface area (Å²) >= 11 is 0. The van der Waals surface area contributed by atoms with Crippen LogP contribution in [0.25, 0.3) is 0 Å². The van der Waals surface area contributed by atoms with Crippen LogP contribution in [-0.4, -0.2) is 20.3 Å². The van der Waals surface area contributed by atoms with Gasteiger partial charge in [0.15, 0.2) is 0 Å². The van der Waals surface area contributed by atoms with Crippen molar-refractivity contribution in [1.29, 1.82) is 0 Å². The average molecular weight is 579 g/mol. The average Bonchev–Trinajstić information content (AvgIpc) is 1.76. The molecule has 0 atom stereocenters. The van der Waals surface area contributed by atoms with Crippen LogP contribution in [0.1, 0.15) is 0 Å². The van der Waals surface area contributed by atoms with E-state index >= 15 is 0 Å². The molecule has 0 aromatic heterocycles. The zero-order chi connectivity index (χ0) is 14.3. The van der Waals surface area contributed by atoms with Crippen LogP contribution in [-0.2, 0) is 21.1 Å². The maximum atomic E-state index is 8.25. The molecule has 0 fully saturated rings. The summed E-state index contributed by atoms with van der Waals surface area (Å²) in [7, 11) is 0. The van der Waals surface area contributed by atoms with Crippen molar-refractivity contribution in [1.82, 2.24) is 49.2 Å². The first kappa shape index (κ1) is 118. The van der Waals surface area contributed by atoms with Gasteiger partial charge < -0.3 is 110 Å². The first-order chi connectivity index (χ1) is 6.93. The summed E-state index contributed by atoms with van der Waals surface area (Å²) in [5.74, 6) is 0. The third-order valence-electron chi connectivity index (χ3n) is 0. The van der Waals surface area contributed by atoms with Crippen LogP contribution in [0.4, 0.5) is 0 Å². The molecule has 0 heterocycles. The molecule has 0 aromatic carbocycles. The van der Waals surface area contributed by atoms with Crippen LogP contribution < -0.4 is 49.2 Å². The van der Waals surface area contributed by atoms with Gasteiger partial charge in [-0.2, -0.15) is 0 Å². The minimum absolute atomic E-state index is 0. The van der Waals surface area contributed by atoms with Gasteiger partial charge >= 0.3 is 21.1 Å². The summed E-state index contributed by atoms with van der Waals surface area (Å²) in [6.07, 6.45) is 0. The largest absolute Gasteiger partial charge is 4.00 e. The molecule has 0 aromatic rings. The Hall–Kier alpha value is -2.83. The van der Waals surface area contributed by atoms with Gasteiger partial charge in [0.2, 0.25) is 0 Å². The van der Waals surface area contributed by atoms with Gasteiger partial charge in [0.1, 0.15) is 0 Å². The Morgan fingerprint density at radius 2 is 0.320 bits per heavy atom. The van der Waals surface area contributed by atoms with Crippen molar-refractivity contribution >= 4 is 0 Å². The molecule has 0 saturated heterocycles. The number of nitrogens with zero attached hydrogens (tertiary/aromatic N) is 4. The minimum atomic E-state index is -1.75. The Bertz CT molecular complexity index is 170. The van der Waals surface area contributed by atoms with E-state index in [9.17, 15) is 0 Å². The molecule has 25 heteroatoms. The molecule has 0 spiro atoms. The normalized spacial score (nSPS) is 3.84. The maximum Gasteiger partial charge on any atom is 4.00 e. The molecule has 0 unspecified atom stereocenters. The fourth-order valence-corrected chi connectivity index (χ4v) is 0. The Kier molecular flexibility index (Phi) is 484. The van der Waals surface area contributed by atoms with E-state index in [-0.39, 0.29) is 70.3 Å². The Morgan fingerprint density at radius 3 is 0.320 bits per heavy atom. The zero-order valence-corrected chi connectivity index (χ0v) is 14.9. The van der Waals surface area contributed by atoms with Crippen molar-refractivity contribution in [2.75, 3.05) is 0 Å². The van der Waals surface area contributed by atoms with Crippen molar-refractivity contribution in [2.24, 2.45) is 0 Å². The molecule has 24 nitrogen and oxygen atoms in total. The SMILES string of the molecule is N.N.N.N.N.N.N.N.O=[N+]([O-])[O-].O=[N+]([O-])[O-].O=[N+]([O-])[O-].O=[N+]([O-])[O-].[Pt+4]. The van der Waals surface area contributed by atoms with E-state index in [1.165, 1.54) is 0 Å². The van der Waals surface area contributed by atoms with Gasteiger partial charge in [-0.1, -0.05) is 0 Å². The zero-order valence-electron chi connectivity index (χ0n) is 12.7. The van der Waals surface area contributed by atoms with E-state index in [2.05, 4.69) is 0 Å². The summed E-state index contributed by atoms with van der Waals surface area (Å²) in [5, 5.41) is 59.0. The first-order valence-electron chi connectivity index (χ1n) is 2.19. The van der Waals surface area contributed by atoms with Gasteiger partial charge in [-0.05, 0) is 0 Å². The molecule has 0 aliphatic carbocycles. The molecule has 0 saturated carbocycles. The summed E-state index contributed by atoms with van der Waals surface area (Å²) in [6.45, 7) is 0. The second-order valence-electron chi connectivity index (χ2n) is 0.894. The van der Waals surface area contributed by atoms with E-state index in [1.807, 2.05) is 0 Å².